The van der Waals surface area contributed by atoms with Crippen LogP contribution < -0.4 is 18.9 Å². The average molecular weight is 221 g/mol. The van der Waals surface area contributed by atoms with Gasteiger partial charge in [0, 0.05) is 0 Å². The standard InChI is InChI=1S/C13H16NSi.Li/c1-15(2,3)14-13-10-6-8-11-7-4-5-9-12(11)13;/h4-10H,1-3H3;/q-1;+1. The van der Waals surface area contributed by atoms with Gasteiger partial charge in [-0.1, -0.05) is 62.1 Å². The smallest absolute Gasteiger partial charge is 0.687 e. The number of rotatable bonds is 2. The van der Waals surface area contributed by atoms with Crippen LogP contribution in [-0.2, 0) is 0 Å². The summed E-state index contributed by atoms with van der Waals surface area (Å²) in [6, 6.07) is 14.8. The van der Waals surface area contributed by atoms with Gasteiger partial charge in [0.05, 0.1) is 0 Å². The van der Waals surface area contributed by atoms with E-state index >= 15 is 0 Å². The molecule has 1 nitrogen and oxygen atoms in total. The van der Waals surface area contributed by atoms with Crippen LogP contribution in [-0.4, -0.2) is 8.24 Å². The van der Waals surface area contributed by atoms with Gasteiger partial charge in [0.15, 0.2) is 0 Å². The van der Waals surface area contributed by atoms with Crippen molar-refractivity contribution in [3.8, 4) is 0 Å². The Bertz CT molecular complexity index is 471. The Labute approximate surface area is 111 Å². The first kappa shape index (κ1) is 13.4. The van der Waals surface area contributed by atoms with E-state index in [4.69, 9.17) is 4.98 Å². The molecule has 3 heteroatoms. The normalized spacial score (nSPS) is 10.9. The zero-order valence-corrected chi connectivity index (χ0v) is 11.5. The third-order valence-electron chi connectivity index (χ3n) is 2.22. The SMILES string of the molecule is C[Si](C)(C)[N-]c1cccc2ccccc12.[Li+]. The van der Waals surface area contributed by atoms with Crippen molar-refractivity contribution in [3.63, 3.8) is 0 Å². The number of nitrogens with zero attached hydrogens (tertiary/aromatic N) is 1. The Balaban J connectivity index is 0.00000128. The molecule has 2 rings (SSSR count). The quantitative estimate of drug-likeness (QED) is 0.685. The van der Waals surface area contributed by atoms with Crippen molar-refractivity contribution in [2.75, 3.05) is 0 Å². The molecule has 0 radical (unpaired) electrons. The second-order valence-corrected chi connectivity index (χ2v) is 9.35. The maximum atomic E-state index is 4.86. The average Bonchev–Trinajstić information content (AvgIpc) is 2.16. The summed E-state index contributed by atoms with van der Waals surface area (Å²) < 4.78 is 0. The van der Waals surface area contributed by atoms with Gasteiger partial charge in [-0.05, 0) is 19.0 Å². The van der Waals surface area contributed by atoms with Crippen molar-refractivity contribution in [1.29, 1.82) is 0 Å². The maximum absolute atomic E-state index is 4.86. The van der Waals surface area contributed by atoms with Gasteiger partial charge in [-0.25, -0.2) is 0 Å². The van der Waals surface area contributed by atoms with Gasteiger partial charge in [-0.2, -0.15) is 0 Å². The molecule has 0 fully saturated rings. The minimum atomic E-state index is -1.39. The summed E-state index contributed by atoms with van der Waals surface area (Å²) in [7, 11) is -1.39. The van der Waals surface area contributed by atoms with Crippen LogP contribution in [0.1, 0.15) is 0 Å². The molecule has 0 unspecified atom stereocenters. The molecule has 0 bridgehead atoms. The van der Waals surface area contributed by atoms with Gasteiger partial charge in [-0.15, -0.1) is 5.69 Å². The Kier molecular flexibility index (Phi) is 4.26. The summed E-state index contributed by atoms with van der Waals surface area (Å²) in [6.07, 6.45) is 0. The molecule has 0 N–H and O–H groups in total. The van der Waals surface area contributed by atoms with E-state index in [1.807, 2.05) is 0 Å². The molecule has 0 spiro atoms. The first-order valence-corrected chi connectivity index (χ1v) is 8.72. The molecule has 78 valence electrons. The predicted octanol–water partition coefficient (Wildman–Crippen LogP) is 1.68. The zero-order chi connectivity index (χ0) is 10.9. The van der Waals surface area contributed by atoms with Gasteiger partial charge >= 0.3 is 18.9 Å². The fourth-order valence-corrected chi connectivity index (χ4v) is 2.58. The third-order valence-corrected chi connectivity index (χ3v) is 3.13. The molecule has 16 heavy (non-hydrogen) atoms. The molecule has 2 aromatic rings. The van der Waals surface area contributed by atoms with Crippen molar-refractivity contribution in [1.82, 2.24) is 0 Å². The van der Waals surface area contributed by atoms with Crippen molar-refractivity contribution >= 4 is 24.7 Å². The number of benzene rings is 2. The third kappa shape index (κ3) is 3.15. The van der Waals surface area contributed by atoms with Crippen LogP contribution in [0.2, 0.25) is 19.6 Å². The van der Waals surface area contributed by atoms with Crippen LogP contribution in [0.15, 0.2) is 42.5 Å². The van der Waals surface area contributed by atoms with Crippen LogP contribution in [0, 0.1) is 0 Å². The molecule has 2 aromatic carbocycles. The van der Waals surface area contributed by atoms with E-state index in [1.165, 1.54) is 10.8 Å². The van der Waals surface area contributed by atoms with Crippen molar-refractivity contribution in [3.05, 3.63) is 47.4 Å². The van der Waals surface area contributed by atoms with Crippen LogP contribution >= 0.6 is 0 Å². The zero-order valence-electron chi connectivity index (χ0n) is 10.5. The number of hydrogen-bond acceptors (Lipinski definition) is 0. The minimum Gasteiger partial charge on any atom is -0.687 e. The number of fused-ring (bicyclic) bond motifs is 1. The van der Waals surface area contributed by atoms with Crippen LogP contribution in [0.5, 0.6) is 0 Å². The Hall–Kier alpha value is -0.686. The maximum Gasteiger partial charge on any atom is 1.00 e. The molecule has 0 atom stereocenters. The summed E-state index contributed by atoms with van der Waals surface area (Å²) >= 11 is 0. The van der Waals surface area contributed by atoms with E-state index in [0.29, 0.717) is 0 Å². The Morgan fingerprint density at radius 2 is 1.50 bits per heavy atom. The van der Waals surface area contributed by atoms with Gasteiger partial charge < -0.3 is 4.98 Å². The first-order chi connectivity index (χ1) is 7.06. The first-order valence-electron chi connectivity index (χ1n) is 5.27. The molecule has 0 amide bonds. The van der Waals surface area contributed by atoms with E-state index in [9.17, 15) is 0 Å². The van der Waals surface area contributed by atoms with Gasteiger partial charge in [0.2, 0.25) is 0 Å². The van der Waals surface area contributed by atoms with Crippen LogP contribution in [0.4, 0.5) is 5.69 Å². The molecule has 0 heterocycles. The minimum absolute atomic E-state index is 0. The van der Waals surface area contributed by atoms with Crippen molar-refractivity contribution in [2.24, 2.45) is 0 Å². The summed E-state index contributed by atoms with van der Waals surface area (Å²) in [4.78, 5) is 4.86. The second kappa shape index (κ2) is 5.10. The monoisotopic (exact) mass is 221 g/mol. The molecule has 0 saturated carbocycles. The Morgan fingerprint density at radius 1 is 0.875 bits per heavy atom. The molecular weight excluding hydrogens is 205 g/mol. The summed E-state index contributed by atoms with van der Waals surface area (Å²) in [6.45, 7) is 6.78. The van der Waals surface area contributed by atoms with Crippen molar-refractivity contribution in [2.45, 2.75) is 19.6 Å². The fraction of sp³-hybridized carbons (Fsp3) is 0.231. The van der Waals surface area contributed by atoms with E-state index in [0.717, 1.165) is 5.69 Å². The largest absolute Gasteiger partial charge is 1.00 e. The fourth-order valence-electron chi connectivity index (χ4n) is 1.67. The van der Waals surface area contributed by atoms with E-state index < -0.39 is 8.24 Å². The second-order valence-electron chi connectivity index (χ2n) is 4.78. The van der Waals surface area contributed by atoms with Gasteiger partial charge in [-0.3, -0.25) is 0 Å². The van der Waals surface area contributed by atoms with Crippen LogP contribution in [0.3, 0.4) is 0 Å². The molecule has 0 aliphatic rings. The van der Waals surface area contributed by atoms with Crippen molar-refractivity contribution < 1.29 is 18.9 Å². The Morgan fingerprint density at radius 3 is 2.19 bits per heavy atom. The molecule has 0 aliphatic heterocycles. The summed E-state index contributed by atoms with van der Waals surface area (Å²) in [5.41, 5.74) is 1.15. The van der Waals surface area contributed by atoms with Gasteiger partial charge in [0.1, 0.15) is 0 Å². The van der Waals surface area contributed by atoms with E-state index in [1.54, 1.807) is 0 Å². The topological polar surface area (TPSA) is 14.1 Å². The molecule has 0 aliphatic carbocycles. The number of hydrogen-bond donors (Lipinski definition) is 0. The molecule has 0 aromatic heterocycles. The molecule has 0 saturated heterocycles. The summed E-state index contributed by atoms with van der Waals surface area (Å²) in [5, 5.41) is 2.54. The van der Waals surface area contributed by atoms with E-state index in [-0.39, 0.29) is 18.9 Å². The van der Waals surface area contributed by atoms with Gasteiger partial charge in [0.25, 0.3) is 0 Å². The predicted molar refractivity (Wildman–Crippen MR) is 70.3 cm³/mol. The van der Waals surface area contributed by atoms with Crippen LogP contribution in [0.25, 0.3) is 15.8 Å². The summed E-state index contributed by atoms with van der Waals surface area (Å²) in [5.74, 6) is 0. The molecular formula is C13H16LiNSi. The van der Waals surface area contributed by atoms with E-state index in [2.05, 4.69) is 62.1 Å².